The van der Waals surface area contributed by atoms with E-state index in [9.17, 15) is 13.2 Å². The van der Waals surface area contributed by atoms with Gasteiger partial charge >= 0.3 is 0 Å². The lowest BCUT2D eigenvalue weighted by Gasteiger charge is -2.22. The molecule has 0 saturated heterocycles. The number of nitrogens with zero attached hydrogens (tertiary/aromatic N) is 1. The molecule has 3 aromatic carbocycles. The van der Waals surface area contributed by atoms with Crippen molar-refractivity contribution in [1.29, 1.82) is 0 Å². The minimum Gasteiger partial charge on any atom is -0.322 e. The van der Waals surface area contributed by atoms with Crippen LogP contribution in [0, 0.1) is 20.8 Å². The van der Waals surface area contributed by atoms with Gasteiger partial charge in [0.25, 0.3) is 15.9 Å². The van der Waals surface area contributed by atoms with Crippen LogP contribution in [0.15, 0.2) is 71.6 Å². The van der Waals surface area contributed by atoms with Gasteiger partial charge in [-0.3, -0.25) is 9.10 Å². The molecule has 6 heteroatoms. The van der Waals surface area contributed by atoms with E-state index in [4.69, 9.17) is 0 Å². The Morgan fingerprint density at radius 3 is 2.14 bits per heavy atom. The lowest BCUT2D eigenvalue weighted by molar-refractivity contribution is 0.102. The first-order valence-corrected chi connectivity index (χ1v) is 10.7. The largest absolute Gasteiger partial charge is 0.322 e. The minimum atomic E-state index is -3.72. The SMILES string of the molecule is Cc1ccc(NC(=O)c2ccc(C)c(N(C)S(=O)(=O)c3ccccc3)c2)cc1C. The second kappa shape index (κ2) is 8.09. The molecule has 3 aromatic rings. The number of hydrogen-bond acceptors (Lipinski definition) is 3. The highest BCUT2D eigenvalue weighted by Crippen LogP contribution is 2.27. The topological polar surface area (TPSA) is 66.5 Å². The monoisotopic (exact) mass is 408 g/mol. The van der Waals surface area contributed by atoms with Gasteiger partial charge in [-0.1, -0.05) is 30.3 Å². The molecule has 3 rings (SSSR count). The summed E-state index contributed by atoms with van der Waals surface area (Å²) in [6.07, 6.45) is 0. The Morgan fingerprint density at radius 2 is 1.48 bits per heavy atom. The summed E-state index contributed by atoms with van der Waals surface area (Å²) in [5.74, 6) is -0.292. The van der Waals surface area contributed by atoms with Gasteiger partial charge in [-0.25, -0.2) is 8.42 Å². The van der Waals surface area contributed by atoms with Gasteiger partial charge in [0.1, 0.15) is 0 Å². The van der Waals surface area contributed by atoms with Crippen LogP contribution in [0.1, 0.15) is 27.0 Å². The third-order valence-electron chi connectivity index (χ3n) is 4.98. The van der Waals surface area contributed by atoms with Crippen molar-refractivity contribution in [3.05, 3.63) is 89.0 Å². The summed E-state index contributed by atoms with van der Waals surface area (Å²) in [6, 6.07) is 19.0. The number of amides is 1. The standard InChI is InChI=1S/C23H24N2O3S/c1-16-11-13-20(14-18(16)3)24-23(26)19-12-10-17(2)22(15-19)25(4)29(27,28)21-8-6-5-7-9-21/h5-15H,1-4H3,(H,24,26). The summed E-state index contributed by atoms with van der Waals surface area (Å²) in [7, 11) is -2.23. The van der Waals surface area contributed by atoms with Crippen molar-refractivity contribution < 1.29 is 13.2 Å². The molecule has 0 heterocycles. The van der Waals surface area contributed by atoms with E-state index in [1.54, 1.807) is 48.5 Å². The van der Waals surface area contributed by atoms with Gasteiger partial charge in [0, 0.05) is 18.3 Å². The van der Waals surface area contributed by atoms with Crippen LogP contribution in [0.4, 0.5) is 11.4 Å². The minimum absolute atomic E-state index is 0.201. The van der Waals surface area contributed by atoms with Gasteiger partial charge in [0.15, 0.2) is 0 Å². The predicted molar refractivity (Wildman–Crippen MR) is 117 cm³/mol. The lowest BCUT2D eigenvalue weighted by Crippen LogP contribution is -2.27. The van der Waals surface area contributed by atoms with Crippen LogP contribution >= 0.6 is 0 Å². The maximum atomic E-state index is 13.0. The van der Waals surface area contributed by atoms with Gasteiger partial charge in [-0.15, -0.1) is 0 Å². The fourth-order valence-electron chi connectivity index (χ4n) is 2.99. The molecule has 0 aliphatic rings. The number of aryl methyl sites for hydroxylation is 3. The molecule has 0 spiro atoms. The number of carbonyl (C=O) groups excluding carboxylic acids is 1. The number of anilines is 2. The summed E-state index contributed by atoms with van der Waals surface area (Å²) in [6.45, 7) is 5.81. The first kappa shape index (κ1) is 20.6. The molecule has 0 saturated carbocycles. The molecule has 0 aliphatic heterocycles. The zero-order valence-electron chi connectivity index (χ0n) is 16.9. The smallest absolute Gasteiger partial charge is 0.264 e. The normalized spacial score (nSPS) is 11.2. The van der Waals surface area contributed by atoms with E-state index in [0.29, 0.717) is 16.9 Å². The summed E-state index contributed by atoms with van der Waals surface area (Å²) in [5, 5.41) is 2.88. The van der Waals surface area contributed by atoms with E-state index in [0.717, 1.165) is 16.7 Å². The lowest BCUT2D eigenvalue weighted by atomic mass is 10.1. The maximum absolute atomic E-state index is 13.0. The highest BCUT2D eigenvalue weighted by molar-refractivity contribution is 7.92. The number of hydrogen-bond donors (Lipinski definition) is 1. The maximum Gasteiger partial charge on any atom is 0.264 e. The van der Waals surface area contributed by atoms with Crippen molar-refractivity contribution in [3.63, 3.8) is 0 Å². The molecular weight excluding hydrogens is 384 g/mol. The number of nitrogens with one attached hydrogen (secondary N) is 1. The Hall–Kier alpha value is -3.12. The third kappa shape index (κ3) is 4.32. The zero-order chi connectivity index (χ0) is 21.2. The first-order valence-electron chi connectivity index (χ1n) is 9.23. The van der Waals surface area contributed by atoms with Gasteiger partial charge in [-0.2, -0.15) is 0 Å². The average Bonchev–Trinajstić information content (AvgIpc) is 2.71. The molecule has 0 fully saturated rings. The van der Waals surface area contributed by atoms with Crippen molar-refractivity contribution in [3.8, 4) is 0 Å². The van der Waals surface area contributed by atoms with Crippen molar-refractivity contribution in [2.45, 2.75) is 25.7 Å². The second-order valence-electron chi connectivity index (χ2n) is 7.04. The highest BCUT2D eigenvalue weighted by Gasteiger charge is 2.23. The van der Waals surface area contributed by atoms with Crippen LogP contribution in [0.5, 0.6) is 0 Å². The summed E-state index contributed by atoms with van der Waals surface area (Å²) >= 11 is 0. The Kier molecular flexibility index (Phi) is 5.75. The number of rotatable bonds is 5. The Bertz CT molecular complexity index is 1160. The molecular formula is C23H24N2O3S. The van der Waals surface area contributed by atoms with Gasteiger partial charge in [-0.05, 0) is 73.9 Å². The molecule has 0 unspecified atom stereocenters. The van der Waals surface area contributed by atoms with E-state index < -0.39 is 10.0 Å². The molecule has 0 aromatic heterocycles. The molecule has 0 aliphatic carbocycles. The van der Waals surface area contributed by atoms with Crippen molar-refractivity contribution in [2.75, 3.05) is 16.7 Å². The molecule has 29 heavy (non-hydrogen) atoms. The van der Waals surface area contributed by atoms with Crippen LogP contribution in [-0.2, 0) is 10.0 Å². The van der Waals surface area contributed by atoms with Crippen molar-refractivity contribution in [2.24, 2.45) is 0 Å². The molecule has 150 valence electrons. The van der Waals surface area contributed by atoms with Gasteiger partial charge in [0.2, 0.25) is 0 Å². The first-order chi connectivity index (χ1) is 13.7. The summed E-state index contributed by atoms with van der Waals surface area (Å²) in [4.78, 5) is 12.9. The Labute approximate surface area is 172 Å². The van der Waals surface area contributed by atoms with Gasteiger partial charge in [0.05, 0.1) is 10.6 Å². The van der Waals surface area contributed by atoms with Crippen LogP contribution in [0.25, 0.3) is 0 Å². The highest BCUT2D eigenvalue weighted by atomic mass is 32.2. The fraction of sp³-hybridized carbons (Fsp3) is 0.174. The molecule has 1 N–H and O–H groups in total. The Morgan fingerprint density at radius 1 is 0.828 bits per heavy atom. The van der Waals surface area contributed by atoms with Crippen molar-refractivity contribution >= 4 is 27.3 Å². The molecule has 5 nitrogen and oxygen atoms in total. The van der Waals surface area contributed by atoms with E-state index in [2.05, 4.69) is 5.32 Å². The summed E-state index contributed by atoms with van der Waals surface area (Å²) < 4.78 is 27.1. The predicted octanol–water partition coefficient (Wildman–Crippen LogP) is 4.69. The second-order valence-corrected chi connectivity index (χ2v) is 9.01. The molecule has 0 atom stereocenters. The van der Waals surface area contributed by atoms with Crippen LogP contribution in [-0.4, -0.2) is 21.4 Å². The van der Waals surface area contributed by atoms with E-state index in [-0.39, 0.29) is 10.8 Å². The molecule has 0 bridgehead atoms. The van der Waals surface area contributed by atoms with Crippen LogP contribution < -0.4 is 9.62 Å². The number of sulfonamides is 1. The van der Waals surface area contributed by atoms with E-state index in [1.807, 2.05) is 39.0 Å². The van der Waals surface area contributed by atoms with E-state index >= 15 is 0 Å². The van der Waals surface area contributed by atoms with E-state index in [1.165, 1.54) is 11.4 Å². The molecule has 0 radical (unpaired) electrons. The van der Waals surface area contributed by atoms with Crippen LogP contribution in [0.3, 0.4) is 0 Å². The average molecular weight is 409 g/mol. The summed E-state index contributed by atoms with van der Waals surface area (Å²) in [5.41, 5.74) is 4.54. The van der Waals surface area contributed by atoms with Crippen molar-refractivity contribution in [1.82, 2.24) is 0 Å². The zero-order valence-corrected chi connectivity index (χ0v) is 17.7. The molecule has 1 amide bonds. The van der Waals surface area contributed by atoms with Gasteiger partial charge < -0.3 is 5.32 Å². The third-order valence-corrected chi connectivity index (χ3v) is 6.76. The Balaban J connectivity index is 1.91. The number of carbonyl (C=O) groups is 1. The quantitative estimate of drug-likeness (QED) is 0.666. The number of benzene rings is 3. The van der Waals surface area contributed by atoms with Crippen LogP contribution in [0.2, 0.25) is 0 Å². The fourth-order valence-corrected chi connectivity index (χ4v) is 4.27.